The van der Waals surface area contributed by atoms with Gasteiger partial charge in [-0.3, -0.25) is 0 Å². The van der Waals surface area contributed by atoms with E-state index in [4.69, 9.17) is 10.5 Å². The van der Waals surface area contributed by atoms with Crippen molar-refractivity contribution in [2.45, 2.75) is 96.1 Å². The third kappa shape index (κ3) is 10.3. The van der Waals surface area contributed by atoms with Gasteiger partial charge in [0.25, 0.3) is 0 Å². The molecule has 0 amide bonds. The Morgan fingerprint density at radius 2 is 1.38 bits per heavy atom. The van der Waals surface area contributed by atoms with Crippen molar-refractivity contribution in [1.82, 2.24) is 5.32 Å². The lowest BCUT2D eigenvalue weighted by atomic mass is 10.0. The van der Waals surface area contributed by atoms with Crippen molar-refractivity contribution < 1.29 is 4.74 Å². The lowest BCUT2D eigenvalue weighted by Gasteiger charge is -2.34. The zero-order valence-electron chi connectivity index (χ0n) is 14.3. The smallest absolute Gasteiger partial charge is 0.129 e. The zero-order valence-corrected chi connectivity index (χ0v) is 14.3. The van der Waals surface area contributed by atoms with Gasteiger partial charge in [0.1, 0.15) is 5.72 Å². The number of nitrogens with two attached hydrogens (primary N) is 1. The van der Waals surface area contributed by atoms with Crippen LogP contribution in [0, 0.1) is 0 Å². The molecule has 3 heteroatoms. The summed E-state index contributed by atoms with van der Waals surface area (Å²) < 4.78 is 5.68. The predicted octanol–water partition coefficient (Wildman–Crippen LogP) is 4.35. The molecule has 0 bridgehead atoms. The van der Waals surface area contributed by atoms with Crippen molar-refractivity contribution in [2.75, 3.05) is 19.7 Å². The lowest BCUT2D eigenvalue weighted by molar-refractivity contribution is -0.0681. The Balaban J connectivity index is 1.78. The van der Waals surface area contributed by atoms with Crippen LogP contribution in [0.3, 0.4) is 0 Å². The Morgan fingerprint density at radius 1 is 0.857 bits per heavy atom. The number of hydrogen-bond donors (Lipinski definition) is 2. The van der Waals surface area contributed by atoms with E-state index < -0.39 is 5.72 Å². The average molecular weight is 299 g/mol. The molecule has 0 spiro atoms. The molecule has 0 saturated carbocycles. The van der Waals surface area contributed by atoms with E-state index >= 15 is 0 Å². The summed E-state index contributed by atoms with van der Waals surface area (Å²) in [6, 6.07) is 0. The molecule has 0 radical (unpaired) electrons. The summed E-state index contributed by atoms with van der Waals surface area (Å²) in [7, 11) is 0. The van der Waals surface area contributed by atoms with Crippen LogP contribution in [-0.4, -0.2) is 25.4 Å². The number of ether oxygens (including phenoxy) is 1. The average Bonchev–Trinajstić information content (AvgIpc) is 2.49. The molecule has 3 nitrogen and oxygen atoms in total. The molecule has 0 aliphatic carbocycles. The molecule has 1 aliphatic heterocycles. The van der Waals surface area contributed by atoms with E-state index in [1.165, 1.54) is 77.0 Å². The molecule has 0 aromatic carbocycles. The van der Waals surface area contributed by atoms with Gasteiger partial charge in [-0.1, -0.05) is 77.6 Å². The highest BCUT2D eigenvalue weighted by Gasteiger charge is 2.27. The van der Waals surface area contributed by atoms with Crippen LogP contribution in [-0.2, 0) is 4.74 Å². The molecule has 1 atom stereocenters. The van der Waals surface area contributed by atoms with Gasteiger partial charge in [-0.2, -0.15) is 0 Å². The van der Waals surface area contributed by atoms with E-state index in [-0.39, 0.29) is 0 Å². The van der Waals surface area contributed by atoms with E-state index in [1.54, 1.807) is 0 Å². The first-order valence-electron chi connectivity index (χ1n) is 9.40. The maximum atomic E-state index is 6.20. The summed E-state index contributed by atoms with van der Waals surface area (Å²) in [5.74, 6) is 0. The SMILES string of the molecule is CCCCCCCCCCCCCCC1(N)CNCCO1. The van der Waals surface area contributed by atoms with Crippen LogP contribution in [0.5, 0.6) is 0 Å². The molecule has 1 rings (SSSR count). The van der Waals surface area contributed by atoms with Crippen molar-refractivity contribution >= 4 is 0 Å². The second-order valence-electron chi connectivity index (χ2n) is 6.73. The minimum Gasteiger partial charge on any atom is -0.358 e. The minimum atomic E-state index is -0.392. The van der Waals surface area contributed by atoms with Crippen molar-refractivity contribution in [3.05, 3.63) is 0 Å². The molecule has 126 valence electrons. The van der Waals surface area contributed by atoms with Crippen molar-refractivity contribution in [2.24, 2.45) is 5.73 Å². The van der Waals surface area contributed by atoms with Crippen LogP contribution in [0.4, 0.5) is 0 Å². The quantitative estimate of drug-likeness (QED) is 0.497. The van der Waals surface area contributed by atoms with E-state index in [2.05, 4.69) is 12.2 Å². The summed E-state index contributed by atoms with van der Waals surface area (Å²) in [5, 5.41) is 3.32. The van der Waals surface area contributed by atoms with Crippen LogP contribution in [0.15, 0.2) is 0 Å². The fourth-order valence-corrected chi connectivity index (χ4v) is 3.10. The van der Waals surface area contributed by atoms with Crippen LogP contribution in [0.25, 0.3) is 0 Å². The minimum absolute atomic E-state index is 0.392. The van der Waals surface area contributed by atoms with Gasteiger partial charge >= 0.3 is 0 Å². The molecule has 1 fully saturated rings. The van der Waals surface area contributed by atoms with Crippen LogP contribution >= 0.6 is 0 Å². The molecule has 1 aliphatic rings. The van der Waals surface area contributed by atoms with Gasteiger partial charge in [-0.15, -0.1) is 0 Å². The Hall–Kier alpha value is -0.120. The predicted molar refractivity (Wildman–Crippen MR) is 91.4 cm³/mol. The van der Waals surface area contributed by atoms with Gasteiger partial charge in [0.2, 0.25) is 0 Å². The standard InChI is InChI=1S/C18H38N2O/c1-2-3-4-5-6-7-8-9-10-11-12-13-14-18(19)17-20-15-16-21-18/h20H,2-17,19H2,1H3. The topological polar surface area (TPSA) is 47.3 Å². The maximum absolute atomic E-state index is 6.20. The summed E-state index contributed by atoms with van der Waals surface area (Å²) in [5.41, 5.74) is 5.81. The summed E-state index contributed by atoms with van der Waals surface area (Å²) in [4.78, 5) is 0. The second-order valence-corrected chi connectivity index (χ2v) is 6.73. The van der Waals surface area contributed by atoms with Crippen molar-refractivity contribution in [3.8, 4) is 0 Å². The monoisotopic (exact) mass is 298 g/mol. The van der Waals surface area contributed by atoms with Gasteiger partial charge in [0.15, 0.2) is 0 Å². The van der Waals surface area contributed by atoms with E-state index in [0.29, 0.717) is 0 Å². The normalized spacial score (nSPS) is 22.6. The van der Waals surface area contributed by atoms with E-state index in [0.717, 1.165) is 26.1 Å². The van der Waals surface area contributed by atoms with Gasteiger partial charge < -0.3 is 15.8 Å². The number of hydrogen-bond acceptors (Lipinski definition) is 3. The maximum Gasteiger partial charge on any atom is 0.129 e. The van der Waals surface area contributed by atoms with Crippen LogP contribution in [0.2, 0.25) is 0 Å². The summed E-state index contributed by atoms with van der Waals surface area (Å²) in [6.45, 7) is 4.79. The van der Waals surface area contributed by atoms with Gasteiger partial charge in [-0.25, -0.2) is 0 Å². The van der Waals surface area contributed by atoms with E-state index in [9.17, 15) is 0 Å². The van der Waals surface area contributed by atoms with Gasteiger partial charge in [0, 0.05) is 13.1 Å². The lowest BCUT2D eigenvalue weighted by Crippen LogP contribution is -2.56. The van der Waals surface area contributed by atoms with E-state index in [1.807, 2.05) is 0 Å². The molecular weight excluding hydrogens is 260 g/mol. The first-order chi connectivity index (χ1) is 10.3. The number of nitrogens with one attached hydrogen (secondary N) is 1. The largest absolute Gasteiger partial charge is 0.358 e. The highest BCUT2D eigenvalue weighted by Crippen LogP contribution is 2.17. The third-order valence-electron chi connectivity index (χ3n) is 4.55. The molecule has 1 saturated heterocycles. The Kier molecular flexibility index (Phi) is 11.2. The molecule has 0 aromatic heterocycles. The Morgan fingerprint density at radius 3 is 1.86 bits per heavy atom. The highest BCUT2D eigenvalue weighted by atomic mass is 16.5. The highest BCUT2D eigenvalue weighted by molar-refractivity contribution is 4.79. The molecule has 21 heavy (non-hydrogen) atoms. The fraction of sp³-hybridized carbons (Fsp3) is 1.00. The van der Waals surface area contributed by atoms with Crippen LogP contribution in [0.1, 0.15) is 90.4 Å². The molecule has 1 heterocycles. The summed E-state index contributed by atoms with van der Waals surface area (Å²) >= 11 is 0. The molecule has 3 N–H and O–H groups in total. The molecule has 1 unspecified atom stereocenters. The fourth-order valence-electron chi connectivity index (χ4n) is 3.10. The number of unbranched alkanes of at least 4 members (excludes halogenated alkanes) is 11. The molecule has 0 aromatic rings. The van der Waals surface area contributed by atoms with Crippen molar-refractivity contribution in [1.29, 1.82) is 0 Å². The van der Waals surface area contributed by atoms with Crippen LogP contribution < -0.4 is 11.1 Å². The molecular formula is C18H38N2O. The number of morpholine rings is 1. The van der Waals surface area contributed by atoms with Crippen molar-refractivity contribution in [3.63, 3.8) is 0 Å². The Bertz CT molecular complexity index is 227. The van der Waals surface area contributed by atoms with Gasteiger partial charge in [-0.05, 0) is 12.8 Å². The first kappa shape index (κ1) is 18.9. The zero-order chi connectivity index (χ0) is 15.2. The second kappa shape index (κ2) is 12.4. The summed E-state index contributed by atoms with van der Waals surface area (Å²) in [6.07, 6.45) is 17.6. The van der Waals surface area contributed by atoms with Gasteiger partial charge in [0.05, 0.1) is 6.61 Å². The Labute approximate surface area is 132 Å². The number of rotatable bonds is 13. The first-order valence-corrected chi connectivity index (χ1v) is 9.40. The third-order valence-corrected chi connectivity index (χ3v) is 4.55.